The second-order valence-electron chi connectivity index (χ2n) is 5.85. The molecule has 0 spiro atoms. The minimum atomic E-state index is -0.0218. The van der Waals surface area contributed by atoms with Crippen LogP contribution in [0.5, 0.6) is 0 Å². The van der Waals surface area contributed by atoms with Crippen LogP contribution in [0, 0.1) is 5.92 Å². The fraction of sp³-hybridized carbons (Fsp3) is 0.667. The molecule has 20 heavy (non-hydrogen) atoms. The third-order valence-electron chi connectivity index (χ3n) is 4.17. The number of likely N-dealkylation sites (tertiary alicyclic amines) is 1. The van der Waals surface area contributed by atoms with Crippen molar-refractivity contribution < 1.29 is 4.79 Å². The highest BCUT2D eigenvalue weighted by Gasteiger charge is 2.34. The van der Waals surface area contributed by atoms with E-state index in [2.05, 4.69) is 27.0 Å². The van der Waals surface area contributed by atoms with Crippen LogP contribution in [-0.4, -0.2) is 43.2 Å². The predicted octanol–water partition coefficient (Wildman–Crippen LogP) is 2.07. The van der Waals surface area contributed by atoms with Crippen molar-refractivity contribution in [3.05, 3.63) is 22.4 Å². The fourth-order valence-electron chi connectivity index (χ4n) is 2.85. The number of carbonyl (C=O) groups is 1. The van der Waals surface area contributed by atoms with E-state index in [4.69, 9.17) is 0 Å². The van der Waals surface area contributed by atoms with Gasteiger partial charge in [-0.25, -0.2) is 4.79 Å². The van der Waals surface area contributed by atoms with E-state index in [9.17, 15) is 4.79 Å². The van der Waals surface area contributed by atoms with E-state index in [-0.39, 0.29) is 6.03 Å². The molecule has 2 fully saturated rings. The van der Waals surface area contributed by atoms with Crippen LogP contribution in [0.25, 0.3) is 0 Å². The van der Waals surface area contributed by atoms with Gasteiger partial charge in [-0.2, -0.15) is 0 Å². The van der Waals surface area contributed by atoms with Crippen LogP contribution in [0.4, 0.5) is 4.79 Å². The van der Waals surface area contributed by atoms with Gasteiger partial charge < -0.3 is 15.5 Å². The quantitative estimate of drug-likeness (QED) is 0.843. The zero-order valence-corrected chi connectivity index (χ0v) is 12.6. The van der Waals surface area contributed by atoms with Gasteiger partial charge in [0.05, 0.1) is 0 Å². The molecule has 0 unspecified atom stereocenters. The molecule has 2 heterocycles. The van der Waals surface area contributed by atoms with Crippen molar-refractivity contribution in [3.63, 3.8) is 0 Å². The lowest BCUT2D eigenvalue weighted by Gasteiger charge is -2.15. The van der Waals surface area contributed by atoms with Crippen molar-refractivity contribution in [1.82, 2.24) is 15.5 Å². The lowest BCUT2D eigenvalue weighted by molar-refractivity contribution is 0.238. The topological polar surface area (TPSA) is 44.4 Å². The Kier molecular flexibility index (Phi) is 4.58. The summed E-state index contributed by atoms with van der Waals surface area (Å²) in [5.74, 6) is 0.638. The normalized spacial score (nSPS) is 22.9. The molecule has 1 aromatic rings. The Morgan fingerprint density at radius 1 is 1.35 bits per heavy atom. The molecule has 1 aliphatic heterocycles. The Labute approximate surface area is 124 Å². The minimum Gasteiger partial charge on any atom is -0.338 e. The molecule has 5 heteroatoms. The number of carbonyl (C=O) groups excluding carboxylic acids is 1. The van der Waals surface area contributed by atoms with Gasteiger partial charge in [0.2, 0.25) is 0 Å². The number of hydrogen-bond donors (Lipinski definition) is 2. The first-order chi connectivity index (χ1) is 9.81. The van der Waals surface area contributed by atoms with Gasteiger partial charge in [0, 0.05) is 30.6 Å². The molecular weight excluding hydrogens is 270 g/mol. The molecule has 1 aromatic heterocycles. The Balaban J connectivity index is 1.27. The maximum Gasteiger partial charge on any atom is 0.314 e. The number of nitrogens with one attached hydrogen (secondary N) is 2. The molecule has 1 atom stereocenters. The van der Waals surface area contributed by atoms with E-state index in [1.165, 1.54) is 37.2 Å². The van der Waals surface area contributed by atoms with Crippen molar-refractivity contribution in [1.29, 1.82) is 0 Å². The highest BCUT2D eigenvalue weighted by molar-refractivity contribution is 7.09. The second-order valence-corrected chi connectivity index (χ2v) is 6.88. The number of hydrogen-bond acceptors (Lipinski definition) is 3. The van der Waals surface area contributed by atoms with Crippen LogP contribution in [0.3, 0.4) is 0 Å². The van der Waals surface area contributed by atoms with Crippen LogP contribution >= 0.6 is 11.3 Å². The Bertz CT molecular complexity index is 430. The van der Waals surface area contributed by atoms with Gasteiger partial charge in [-0.1, -0.05) is 6.07 Å². The second kappa shape index (κ2) is 6.59. The van der Waals surface area contributed by atoms with Crippen molar-refractivity contribution in [2.24, 2.45) is 5.92 Å². The van der Waals surface area contributed by atoms with Crippen molar-refractivity contribution in [3.8, 4) is 0 Å². The number of amides is 2. The summed E-state index contributed by atoms with van der Waals surface area (Å²) in [5.41, 5.74) is 0. The summed E-state index contributed by atoms with van der Waals surface area (Å²) in [6.45, 7) is 3.91. The number of rotatable bonds is 6. The highest BCUT2D eigenvalue weighted by atomic mass is 32.1. The monoisotopic (exact) mass is 293 g/mol. The third-order valence-corrected chi connectivity index (χ3v) is 5.11. The predicted molar refractivity (Wildman–Crippen MR) is 82.1 cm³/mol. The molecule has 2 amide bonds. The van der Waals surface area contributed by atoms with E-state index in [1.807, 2.05) is 6.07 Å². The zero-order chi connectivity index (χ0) is 13.8. The maximum absolute atomic E-state index is 11.7. The lowest BCUT2D eigenvalue weighted by atomic mass is 10.1. The third kappa shape index (κ3) is 3.96. The maximum atomic E-state index is 11.7. The van der Waals surface area contributed by atoms with Gasteiger partial charge in [0.1, 0.15) is 0 Å². The van der Waals surface area contributed by atoms with Gasteiger partial charge >= 0.3 is 6.03 Å². The molecule has 0 aromatic carbocycles. The zero-order valence-electron chi connectivity index (χ0n) is 11.8. The smallest absolute Gasteiger partial charge is 0.314 e. The summed E-state index contributed by atoms with van der Waals surface area (Å²) in [7, 11) is 0. The molecule has 1 saturated carbocycles. The van der Waals surface area contributed by atoms with E-state index in [0.717, 1.165) is 19.0 Å². The van der Waals surface area contributed by atoms with E-state index in [0.29, 0.717) is 12.5 Å². The molecule has 4 nitrogen and oxygen atoms in total. The number of urea groups is 1. The summed E-state index contributed by atoms with van der Waals surface area (Å²) >= 11 is 1.74. The number of nitrogens with zero attached hydrogens (tertiary/aromatic N) is 1. The summed E-state index contributed by atoms with van der Waals surface area (Å²) in [5, 5.41) is 8.02. The molecule has 0 radical (unpaired) electrons. The first kappa shape index (κ1) is 13.9. The summed E-state index contributed by atoms with van der Waals surface area (Å²) in [6, 6.07) is 4.99. The van der Waals surface area contributed by atoms with Gasteiger partial charge in [-0.3, -0.25) is 0 Å². The lowest BCUT2D eigenvalue weighted by Crippen LogP contribution is -2.39. The van der Waals surface area contributed by atoms with Gasteiger partial charge in [-0.15, -0.1) is 11.3 Å². The number of thiophene rings is 1. The van der Waals surface area contributed by atoms with Crippen molar-refractivity contribution in [2.45, 2.75) is 31.7 Å². The largest absolute Gasteiger partial charge is 0.338 e. The van der Waals surface area contributed by atoms with Gasteiger partial charge in [0.15, 0.2) is 0 Å². The molecule has 2 aliphatic rings. The standard InChI is InChI=1S/C15H23N3OS/c19-15(16-7-5-14-2-1-9-20-14)17-10-12-6-8-18(11-12)13-3-4-13/h1-2,9,12-13H,3-8,10-11H2,(H2,16,17,19)/t12-/m1/s1. The minimum absolute atomic E-state index is 0.0218. The van der Waals surface area contributed by atoms with E-state index >= 15 is 0 Å². The Hall–Kier alpha value is -1.07. The molecule has 1 saturated heterocycles. The first-order valence-corrected chi connectivity index (χ1v) is 8.47. The van der Waals surface area contributed by atoms with E-state index < -0.39 is 0 Å². The molecule has 110 valence electrons. The summed E-state index contributed by atoms with van der Waals surface area (Å²) < 4.78 is 0. The van der Waals surface area contributed by atoms with Crippen LogP contribution < -0.4 is 10.6 Å². The average molecular weight is 293 g/mol. The van der Waals surface area contributed by atoms with Gasteiger partial charge in [-0.05, 0) is 49.6 Å². The summed E-state index contributed by atoms with van der Waals surface area (Å²) in [6.07, 6.45) is 4.91. The fourth-order valence-corrected chi connectivity index (χ4v) is 3.56. The molecule has 0 bridgehead atoms. The molecular formula is C15H23N3OS. The van der Waals surface area contributed by atoms with Crippen LogP contribution in [-0.2, 0) is 6.42 Å². The molecule has 3 rings (SSSR count). The van der Waals surface area contributed by atoms with Crippen molar-refractivity contribution >= 4 is 17.4 Å². The molecule has 2 N–H and O–H groups in total. The van der Waals surface area contributed by atoms with Crippen LogP contribution in [0.15, 0.2) is 17.5 Å². The Morgan fingerprint density at radius 2 is 2.25 bits per heavy atom. The molecule has 1 aliphatic carbocycles. The van der Waals surface area contributed by atoms with Crippen LogP contribution in [0.2, 0.25) is 0 Å². The average Bonchev–Trinajstić information content (AvgIpc) is 2.98. The highest BCUT2D eigenvalue weighted by Crippen LogP contribution is 2.31. The van der Waals surface area contributed by atoms with Crippen LogP contribution in [0.1, 0.15) is 24.1 Å². The SMILES string of the molecule is O=C(NCCc1cccs1)NC[C@H]1CCN(C2CC2)C1. The summed E-state index contributed by atoms with van der Waals surface area (Å²) in [4.78, 5) is 15.6. The first-order valence-electron chi connectivity index (χ1n) is 7.59. The Morgan fingerprint density at radius 3 is 3.00 bits per heavy atom. The van der Waals surface area contributed by atoms with Crippen molar-refractivity contribution in [2.75, 3.05) is 26.2 Å². The van der Waals surface area contributed by atoms with Gasteiger partial charge in [0.25, 0.3) is 0 Å². The van der Waals surface area contributed by atoms with E-state index in [1.54, 1.807) is 11.3 Å².